The molecule has 8 nitrogen and oxygen atoms in total. The molecule has 0 atom stereocenters. The second kappa shape index (κ2) is 5.51. The lowest BCUT2D eigenvalue weighted by Gasteiger charge is -2.08. The minimum atomic E-state index is -4.13. The van der Waals surface area contributed by atoms with Gasteiger partial charge in [0.05, 0.1) is 4.92 Å². The number of hydrogen-bond donors (Lipinski definition) is 2. The van der Waals surface area contributed by atoms with E-state index in [9.17, 15) is 18.5 Å². The van der Waals surface area contributed by atoms with Gasteiger partial charge in [-0.25, -0.2) is 8.42 Å². The first kappa shape index (κ1) is 15.5. The Morgan fingerprint density at radius 1 is 1.38 bits per heavy atom. The molecule has 0 aliphatic heterocycles. The molecule has 1 aromatic heterocycles. The van der Waals surface area contributed by atoms with Crippen molar-refractivity contribution in [3.05, 3.63) is 44.1 Å². The van der Waals surface area contributed by atoms with Gasteiger partial charge in [0, 0.05) is 11.8 Å². The molecule has 0 bridgehead atoms. The quantitative estimate of drug-likeness (QED) is 0.649. The van der Waals surface area contributed by atoms with Gasteiger partial charge in [0.25, 0.3) is 10.0 Å². The fraction of sp³-hybridized carbons (Fsp3) is 0.100. The molecule has 0 aliphatic carbocycles. The van der Waals surface area contributed by atoms with Crippen LogP contribution < -0.4 is 4.72 Å². The summed E-state index contributed by atoms with van der Waals surface area (Å²) in [5.74, 6) is 0.0427. The number of H-pyrrole nitrogens is 1. The number of aromatic amines is 1. The zero-order valence-corrected chi connectivity index (χ0v) is 12.8. The first-order valence-electron chi connectivity index (χ1n) is 5.39. The summed E-state index contributed by atoms with van der Waals surface area (Å²) in [6.07, 6.45) is 0. The SMILES string of the molecule is Cc1cc(NS(=O)(=O)c2ccc(Cl)c([N+](=O)[O-])c2Cl)n[nH]1. The first-order valence-corrected chi connectivity index (χ1v) is 7.63. The summed E-state index contributed by atoms with van der Waals surface area (Å²) in [7, 11) is -4.13. The standard InChI is InChI=1S/C10H8Cl2N4O4S/c1-5-4-8(14-13-5)15-21(19,20)7-3-2-6(11)10(9(7)12)16(17)18/h2-4H,1H3,(H2,13,14,15). The lowest BCUT2D eigenvalue weighted by atomic mass is 10.3. The summed E-state index contributed by atoms with van der Waals surface area (Å²) in [6.45, 7) is 1.69. The first-order chi connectivity index (χ1) is 9.72. The normalized spacial score (nSPS) is 11.4. The second-order valence-corrected chi connectivity index (χ2v) is 6.44. The number of sulfonamides is 1. The maximum Gasteiger partial charge on any atom is 0.307 e. The number of nitrogens with one attached hydrogen (secondary N) is 2. The molecule has 1 aromatic carbocycles. The molecule has 0 unspecified atom stereocenters. The van der Waals surface area contributed by atoms with Gasteiger partial charge in [0.2, 0.25) is 0 Å². The molecule has 11 heteroatoms. The minimum absolute atomic E-state index is 0.0427. The zero-order chi connectivity index (χ0) is 15.8. The van der Waals surface area contributed by atoms with E-state index in [2.05, 4.69) is 14.9 Å². The average molecular weight is 351 g/mol. The van der Waals surface area contributed by atoms with E-state index < -0.39 is 30.6 Å². The van der Waals surface area contributed by atoms with Crippen LogP contribution in [0.1, 0.15) is 5.69 Å². The highest BCUT2D eigenvalue weighted by atomic mass is 35.5. The summed E-state index contributed by atoms with van der Waals surface area (Å²) in [4.78, 5) is 9.59. The second-order valence-electron chi connectivity index (χ2n) is 4.01. The van der Waals surface area contributed by atoms with E-state index in [0.29, 0.717) is 5.69 Å². The third-order valence-corrected chi connectivity index (χ3v) is 4.65. The molecular weight excluding hydrogens is 343 g/mol. The number of aromatic nitrogens is 2. The highest BCUT2D eigenvalue weighted by Crippen LogP contribution is 2.37. The van der Waals surface area contributed by atoms with Crippen molar-refractivity contribution in [3.8, 4) is 0 Å². The molecule has 0 radical (unpaired) electrons. The van der Waals surface area contributed by atoms with Gasteiger partial charge in [-0.05, 0) is 19.1 Å². The van der Waals surface area contributed by atoms with E-state index in [4.69, 9.17) is 23.2 Å². The molecule has 2 aromatic rings. The van der Waals surface area contributed by atoms with Crippen molar-refractivity contribution in [2.75, 3.05) is 4.72 Å². The number of hydrogen-bond acceptors (Lipinski definition) is 5. The van der Waals surface area contributed by atoms with Gasteiger partial charge in [0.1, 0.15) is 14.9 Å². The summed E-state index contributed by atoms with van der Waals surface area (Å²) in [6, 6.07) is 3.63. The predicted octanol–water partition coefficient (Wildman–Crippen LogP) is 2.73. The Balaban J connectivity index is 2.50. The number of benzene rings is 1. The lowest BCUT2D eigenvalue weighted by Crippen LogP contribution is -2.14. The molecule has 1 heterocycles. The molecule has 0 fully saturated rings. The Morgan fingerprint density at radius 3 is 2.57 bits per heavy atom. The summed E-state index contributed by atoms with van der Waals surface area (Å²) in [5.41, 5.74) is -0.0275. The number of anilines is 1. The zero-order valence-electron chi connectivity index (χ0n) is 10.4. The summed E-state index contributed by atoms with van der Waals surface area (Å²) in [5, 5.41) is 16.3. The fourth-order valence-corrected chi connectivity index (χ4v) is 3.44. The maximum absolute atomic E-state index is 12.2. The Morgan fingerprint density at radius 2 is 2.05 bits per heavy atom. The van der Waals surface area contributed by atoms with Gasteiger partial charge in [-0.2, -0.15) is 5.10 Å². The smallest absolute Gasteiger partial charge is 0.281 e. The summed E-state index contributed by atoms with van der Waals surface area (Å²) < 4.78 is 26.6. The van der Waals surface area contributed by atoms with Gasteiger partial charge in [-0.1, -0.05) is 23.2 Å². The molecule has 21 heavy (non-hydrogen) atoms. The van der Waals surface area contributed by atoms with Crippen molar-refractivity contribution in [1.82, 2.24) is 10.2 Å². The third-order valence-electron chi connectivity index (χ3n) is 2.45. The van der Waals surface area contributed by atoms with Gasteiger partial charge in [-0.3, -0.25) is 19.9 Å². The molecule has 0 spiro atoms. The van der Waals surface area contributed by atoms with E-state index in [1.54, 1.807) is 6.92 Å². The Labute approximate surface area is 129 Å². The van der Waals surface area contributed by atoms with Crippen molar-refractivity contribution in [1.29, 1.82) is 0 Å². The van der Waals surface area contributed by atoms with E-state index in [0.717, 1.165) is 12.1 Å². The molecular formula is C10H8Cl2N4O4S. The van der Waals surface area contributed by atoms with Crippen LogP contribution in [0.3, 0.4) is 0 Å². The van der Waals surface area contributed by atoms with Gasteiger partial charge in [-0.15, -0.1) is 0 Å². The number of nitro benzene ring substituents is 1. The van der Waals surface area contributed by atoms with E-state index >= 15 is 0 Å². The van der Waals surface area contributed by atoms with Crippen LogP contribution in [0.5, 0.6) is 0 Å². The molecule has 2 rings (SSSR count). The highest BCUT2D eigenvalue weighted by Gasteiger charge is 2.28. The van der Waals surface area contributed by atoms with Crippen molar-refractivity contribution in [2.45, 2.75) is 11.8 Å². The fourth-order valence-electron chi connectivity index (χ4n) is 1.56. The number of rotatable bonds is 4. The number of aryl methyl sites for hydroxylation is 1. The molecule has 112 valence electrons. The van der Waals surface area contributed by atoms with Crippen LogP contribution >= 0.6 is 23.2 Å². The third kappa shape index (κ3) is 3.09. The Hall–Kier alpha value is -1.84. The van der Waals surface area contributed by atoms with Crippen LogP contribution in [0.4, 0.5) is 11.5 Å². The van der Waals surface area contributed by atoms with Crippen LogP contribution in [0.2, 0.25) is 10.0 Å². The van der Waals surface area contributed by atoms with Crippen LogP contribution in [0.25, 0.3) is 0 Å². The van der Waals surface area contributed by atoms with Crippen molar-refractivity contribution in [2.24, 2.45) is 0 Å². The van der Waals surface area contributed by atoms with Crippen LogP contribution in [-0.4, -0.2) is 23.5 Å². The number of nitro groups is 1. The molecule has 0 amide bonds. The average Bonchev–Trinajstić information content (AvgIpc) is 2.72. The molecule has 0 saturated heterocycles. The van der Waals surface area contributed by atoms with Gasteiger partial charge in [0.15, 0.2) is 5.82 Å². The van der Waals surface area contributed by atoms with Gasteiger partial charge >= 0.3 is 5.69 Å². The van der Waals surface area contributed by atoms with Crippen molar-refractivity contribution >= 4 is 44.7 Å². The van der Waals surface area contributed by atoms with Crippen LogP contribution in [-0.2, 0) is 10.0 Å². The lowest BCUT2D eigenvalue weighted by molar-refractivity contribution is -0.384. The minimum Gasteiger partial charge on any atom is -0.281 e. The Bertz CT molecular complexity index is 818. The largest absolute Gasteiger partial charge is 0.307 e. The Kier molecular flexibility index (Phi) is 4.08. The van der Waals surface area contributed by atoms with Crippen molar-refractivity contribution in [3.63, 3.8) is 0 Å². The monoisotopic (exact) mass is 350 g/mol. The molecule has 2 N–H and O–H groups in total. The highest BCUT2D eigenvalue weighted by molar-refractivity contribution is 7.92. The van der Waals surface area contributed by atoms with Crippen LogP contribution in [0, 0.1) is 17.0 Å². The van der Waals surface area contributed by atoms with Gasteiger partial charge < -0.3 is 0 Å². The van der Waals surface area contributed by atoms with E-state index in [1.165, 1.54) is 6.07 Å². The maximum atomic E-state index is 12.2. The molecule has 0 saturated carbocycles. The van der Waals surface area contributed by atoms with Crippen molar-refractivity contribution < 1.29 is 13.3 Å². The topological polar surface area (TPSA) is 118 Å². The van der Waals surface area contributed by atoms with E-state index in [-0.39, 0.29) is 10.8 Å². The number of halogens is 2. The number of nitrogens with zero attached hydrogens (tertiary/aromatic N) is 2. The molecule has 0 aliphatic rings. The predicted molar refractivity (Wildman–Crippen MR) is 77.2 cm³/mol. The van der Waals surface area contributed by atoms with Crippen LogP contribution in [0.15, 0.2) is 23.1 Å². The summed E-state index contributed by atoms with van der Waals surface area (Å²) >= 11 is 11.4. The van der Waals surface area contributed by atoms with E-state index in [1.807, 2.05) is 0 Å².